The molecule has 0 amide bonds. The van der Waals surface area contributed by atoms with Crippen molar-refractivity contribution in [3.8, 4) is 12.1 Å². The summed E-state index contributed by atoms with van der Waals surface area (Å²) in [5.41, 5.74) is 2.21. The van der Waals surface area contributed by atoms with Gasteiger partial charge in [-0.15, -0.1) is 4.39 Å². The monoisotopic (exact) mass is 382 g/mol. The highest BCUT2D eigenvalue weighted by Crippen LogP contribution is 2.44. The van der Waals surface area contributed by atoms with Crippen molar-refractivity contribution in [2.45, 2.75) is 103 Å². The minimum atomic E-state index is 0.697. The van der Waals surface area contributed by atoms with Crippen molar-refractivity contribution in [2.75, 3.05) is 0 Å². The summed E-state index contributed by atoms with van der Waals surface area (Å²) in [5, 5.41) is 0. The quantitative estimate of drug-likeness (QED) is 0.313. The standard InChI is InChI=1S/C27H39F/c1-2-3-4-5-6-7-22-8-12-24(13-9-22)26-16-18-27(19-17-26)25-14-10-23(11-15-25)20-21-28/h10-11,14-15,22,24,26-27H,2-9,12-13,16-19H2,1H3/t22-,24-,26?,27?. The first-order chi connectivity index (χ1) is 13.8. The molecule has 1 aromatic rings. The van der Waals surface area contributed by atoms with Crippen molar-refractivity contribution in [1.29, 1.82) is 0 Å². The van der Waals surface area contributed by atoms with Gasteiger partial charge in [-0.25, -0.2) is 0 Å². The second kappa shape index (κ2) is 11.6. The van der Waals surface area contributed by atoms with Crippen LogP contribution in [0.5, 0.6) is 0 Å². The predicted octanol–water partition coefficient (Wildman–Crippen LogP) is 8.41. The minimum Gasteiger partial charge on any atom is -0.144 e. The smallest absolute Gasteiger partial charge is 0.111 e. The molecule has 1 aromatic carbocycles. The van der Waals surface area contributed by atoms with Crippen LogP contribution in [0.2, 0.25) is 0 Å². The van der Waals surface area contributed by atoms with Gasteiger partial charge in [-0.2, -0.15) is 0 Å². The Morgan fingerprint density at radius 2 is 1.39 bits per heavy atom. The fourth-order valence-electron chi connectivity index (χ4n) is 5.80. The number of rotatable bonds is 8. The average molecular weight is 383 g/mol. The van der Waals surface area contributed by atoms with E-state index in [1.54, 1.807) is 0 Å². The Morgan fingerprint density at radius 3 is 2.00 bits per heavy atom. The summed E-state index contributed by atoms with van der Waals surface area (Å²) in [6.45, 7) is 2.30. The zero-order chi connectivity index (χ0) is 19.6. The van der Waals surface area contributed by atoms with Gasteiger partial charge in [-0.05, 0) is 85.8 Å². The van der Waals surface area contributed by atoms with E-state index in [2.05, 4.69) is 25.0 Å². The van der Waals surface area contributed by atoms with Crippen molar-refractivity contribution in [3.05, 3.63) is 35.4 Å². The van der Waals surface area contributed by atoms with Gasteiger partial charge in [-0.1, -0.05) is 70.4 Å². The zero-order valence-electron chi connectivity index (χ0n) is 17.9. The highest BCUT2D eigenvalue weighted by molar-refractivity contribution is 5.36. The van der Waals surface area contributed by atoms with Crippen LogP contribution in [0.15, 0.2) is 24.3 Å². The highest BCUT2D eigenvalue weighted by atomic mass is 19.1. The molecule has 0 bridgehead atoms. The first-order valence-electron chi connectivity index (χ1n) is 12.0. The molecule has 0 unspecified atom stereocenters. The second-order valence-electron chi connectivity index (χ2n) is 9.44. The Morgan fingerprint density at radius 1 is 0.786 bits per heavy atom. The van der Waals surface area contributed by atoms with E-state index in [-0.39, 0.29) is 0 Å². The van der Waals surface area contributed by atoms with Gasteiger partial charge in [0.1, 0.15) is 6.17 Å². The van der Waals surface area contributed by atoms with Crippen LogP contribution in [0, 0.1) is 29.8 Å². The topological polar surface area (TPSA) is 0 Å². The molecule has 0 N–H and O–H groups in total. The summed E-state index contributed by atoms with van der Waals surface area (Å²) in [7, 11) is 0. The Bertz CT molecular complexity index is 604. The van der Waals surface area contributed by atoms with Crippen LogP contribution in [-0.2, 0) is 0 Å². The maximum atomic E-state index is 12.1. The summed E-state index contributed by atoms with van der Waals surface area (Å²) >= 11 is 0. The number of hydrogen-bond donors (Lipinski definition) is 0. The van der Waals surface area contributed by atoms with Gasteiger partial charge < -0.3 is 0 Å². The van der Waals surface area contributed by atoms with Crippen LogP contribution in [0.1, 0.15) is 114 Å². The maximum Gasteiger partial charge on any atom is 0.111 e. The van der Waals surface area contributed by atoms with Gasteiger partial charge in [-0.3, -0.25) is 0 Å². The van der Waals surface area contributed by atoms with Gasteiger partial charge in [0.2, 0.25) is 0 Å². The summed E-state index contributed by atoms with van der Waals surface area (Å²) in [4.78, 5) is 0. The van der Waals surface area contributed by atoms with E-state index < -0.39 is 0 Å². The van der Waals surface area contributed by atoms with Gasteiger partial charge in [0.05, 0.1) is 0 Å². The first-order valence-corrected chi connectivity index (χ1v) is 12.0. The lowest BCUT2D eigenvalue weighted by Gasteiger charge is -2.38. The third-order valence-corrected chi connectivity index (χ3v) is 7.62. The Kier molecular flexibility index (Phi) is 8.91. The first kappa shape index (κ1) is 21.4. The molecule has 2 aliphatic rings. The van der Waals surface area contributed by atoms with E-state index in [0.717, 1.165) is 23.3 Å². The van der Waals surface area contributed by atoms with Gasteiger partial charge >= 0.3 is 0 Å². The Labute approximate surface area is 172 Å². The molecular weight excluding hydrogens is 343 g/mol. The van der Waals surface area contributed by atoms with Crippen molar-refractivity contribution in [3.63, 3.8) is 0 Å². The summed E-state index contributed by atoms with van der Waals surface area (Å²) < 4.78 is 12.1. The lowest BCUT2D eigenvalue weighted by atomic mass is 9.68. The lowest BCUT2D eigenvalue weighted by Crippen LogP contribution is -2.25. The van der Waals surface area contributed by atoms with Crippen molar-refractivity contribution < 1.29 is 4.39 Å². The van der Waals surface area contributed by atoms with Crippen LogP contribution in [0.4, 0.5) is 4.39 Å². The van der Waals surface area contributed by atoms with Crippen LogP contribution in [0.25, 0.3) is 0 Å². The molecule has 28 heavy (non-hydrogen) atoms. The fourth-order valence-corrected chi connectivity index (χ4v) is 5.80. The van der Waals surface area contributed by atoms with E-state index in [1.165, 1.54) is 102 Å². The molecule has 154 valence electrons. The molecule has 0 aliphatic heterocycles. The molecule has 0 atom stereocenters. The second-order valence-corrected chi connectivity index (χ2v) is 9.44. The van der Waals surface area contributed by atoms with E-state index in [4.69, 9.17) is 0 Å². The van der Waals surface area contributed by atoms with Gasteiger partial charge in [0, 0.05) is 5.56 Å². The number of hydrogen-bond acceptors (Lipinski definition) is 0. The number of unbranched alkanes of at least 4 members (excludes halogenated alkanes) is 4. The largest absolute Gasteiger partial charge is 0.144 e. The summed E-state index contributed by atoms with van der Waals surface area (Å²) in [6, 6.07) is 8.27. The predicted molar refractivity (Wildman–Crippen MR) is 118 cm³/mol. The van der Waals surface area contributed by atoms with Crippen LogP contribution in [0.3, 0.4) is 0 Å². The van der Waals surface area contributed by atoms with E-state index in [1.807, 2.05) is 12.1 Å². The van der Waals surface area contributed by atoms with Crippen LogP contribution < -0.4 is 0 Å². The van der Waals surface area contributed by atoms with Gasteiger partial charge in [0.15, 0.2) is 0 Å². The highest BCUT2D eigenvalue weighted by Gasteiger charge is 2.31. The van der Waals surface area contributed by atoms with E-state index >= 15 is 0 Å². The molecule has 2 aliphatic carbocycles. The summed E-state index contributed by atoms with van der Waals surface area (Å²) in [5.74, 6) is 6.19. The van der Waals surface area contributed by atoms with Crippen LogP contribution in [-0.4, -0.2) is 0 Å². The van der Waals surface area contributed by atoms with Crippen molar-refractivity contribution >= 4 is 0 Å². The molecule has 0 aromatic heterocycles. The third-order valence-electron chi connectivity index (χ3n) is 7.62. The minimum absolute atomic E-state index is 0.697. The molecule has 1 heteroatoms. The Balaban J connectivity index is 1.36. The summed E-state index contributed by atoms with van der Waals surface area (Å²) in [6.07, 6.45) is 21.6. The molecule has 2 fully saturated rings. The van der Waals surface area contributed by atoms with Crippen molar-refractivity contribution in [1.82, 2.24) is 0 Å². The van der Waals surface area contributed by atoms with Gasteiger partial charge in [0.25, 0.3) is 0 Å². The third kappa shape index (κ3) is 6.37. The molecule has 0 radical (unpaired) electrons. The van der Waals surface area contributed by atoms with E-state index in [0.29, 0.717) is 5.92 Å². The normalized spacial score (nSPS) is 27.8. The molecular formula is C27H39F. The van der Waals surface area contributed by atoms with E-state index in [9.17, 15) is 4.39 Å². The zero-order valence-corrected chi connectivity index (χ0v) is 17.9. The SMILES string of the molecule is CCCCCCC[C@H]1CC[C@H](C2CCC(c3ccc(C#CF)cc3)CC2)CC1. The molecule has 0 heterocycles. The van der Waals surface area contributed by atoms with Crippen LogP contribution >= 0.6 is 0 Å². The Hall–Kier alpha value is -1.29. The lowest BCUT2D eigenvalue weighted by molar-refractivity contribution is 0.155. The molecule has 0 saturated heterocycles. The maximum absolute atomic E-state index is 12.1. The average Bonchev–Trinajstić information content (AvgIpc) is 2.75. The molecule has 0 spiro atoms. The number of benzene rings is 1. The number of halogens is 1. The molecule has 0 nitrogen and oxygen atoms in total. The van der Waals surface area contributed by atoms with Crippen molar-refractivity contribution in [2.24, 2.45) is 17.8 Å². The fraction of sp³-hybridized carbons (Fsp3) is 0.704. The molecule has 2 saturated carbocycles. The molecule has 3 rings (SSSR count).